The van der Waals surface area contributed by atoms with Crippen LogP contribution in [0, 0.1) is 11.8 Å². The summed E-state index contributed by atoms with van der Waals surface area (Å²) in [6, 6.07) is 0. The SMILES string of the molecule is CC(C)CCCCCCCCCCOC(=O)CCCCSCCCCC(=O)OCCCCCCCCCCC(C)C. The first-order valence-electron chi connectivity index (χ1n) is 17.8. The van der Waals surface area contributed by atoms with Crippen molar-refractivity contribution in [2.24, 2.45) is 11.8 Å². The minimum Gasteiger partial charge on any atom is -0.466 e. The van der Waals surface area contributed by atoms with Crippen molar-refractivity contribution in [3.8, 4) is 0 Å². The van der Waals surface area contributed by atoms with Gasteiger partial charge in [0, 0.05) is 12.8 Å². The van der Waals surface area contributed by atoms with E-state index in [-0.39, 0.29) is 11.9 Å². The summed E-state index contributed by atoms with van der Waals surface area (Å²) < 4.78 is 10.8. The number of hydrogen-bond donors (Lipinski definition) is 0. The third-order valence-corrected chi connectivity index (χ3v) is 8.87. The largest absolute Gasteiger partial charge is 0.466 e. The van der Waals surface area contributed by atoms with Crippen molar-refractivity contribution in [1.82, 2.24) is 0 Å². The van der Waals surface area contributed by atoms with Crippen LogP contribution in [0.3, 0.4) is 0 Å². The highest BCUT2D eigenvalue weighted by Crippen LogP contribution is 2.15. The molecule has 5 heteroatoms. The molecule has 0 aliphatic rings. The lowest BCUT2D eigenvalue weighted by Crippen LogP contribution is -2.06. The van der Waals surface area contributed by atoms with E-state index in [9.17, 15) is 9.59 Å². The van der Waals surface area contributed by atoms with Gasteiger partial charge in [-0.15, -0.1) is 0 Å². The molecule has 0 bridgehead atoms. The quantitative estimate of drug-likeness (QED) is 0.0569. The summed E-state index contributed by atoms with van der Waals surface area (Å²) in [7, 11) is 0. The number of unbranched alkanes of at least 4 members (excludes halogenated alkanes) is 16. The molecule has 0 aromatic heterocycles. The summed E-state index contributed by atoms with van der Waals surface area (Å²) >= 11 is 1.92. The zero-order chi connectivity index (χ0) is 30.2. The average molecular weight is 599 g/mol. The number of ether oxygens (including phenoxy) is 2. The minimum absolute atomic E-state index is 0.0359. The number of hydrogen-bond acceptors (Lipinski definition) is 5. The number of carbonyl (C=O) groups is 2. The molecule has 0 unspecified atom stereocenters. The van der Waals surface area contributed by atoms with Crippen LogP contribution in [0.2, 0.25) is 0 Å². The van der Waals surface area contributed by atoms with Gasteiger partial charge in [0.1, 0.15) is 0 Å². The Morgan fingerprint density at radius 1 is 0.439 bits per heavy atom. The number of thioether (sulfide) groups is 1. The Kier molecular flexibility index (Phi) is 31.7. The Morgan fingerprint density at radius 3 is 1.10 bits per heavy atom. The minimum atomic E-state index is -0.0359. The Bertz CT molecular complexity index is 516. The summed E-state index contributed by atoms with van der Waals surface area (Å²) in [5, 5.41) is 0. The first-order valence-corrected chi connectivity index (χ1v) is 19.0. The van der Waals surface area contributed by atoms with E-state index in [0.717, 1.165) is 61.9 Å². The van der Waals surface area contributed by atoms with E-state index in [1.165, 1.54) is 103 Å². The van der Waals surface area contributed by atoms with Crippen LogP contribution in [-0.4, -0.2) is 36.7 Å². The van der Waals surface area contributed by atoms with Crippen LogP contribution in [-0.2, 0) is 19.1 Å². The highest BCUT2D eigenvalue weighted by Gasteiger charge is 2.05. The van der Waals surface area contributed by atoms with E-state index in [1.807, 2.05) is 11.8 Å². The molecule has 4 nitrogen and oxygen atoms in total. The fourth-order valence-corrected chi connectivity index (χ4v) is 6.02. The second-order valence-corrected chi connectivity index (χ2v) is 14.2. The highest BCUT2D eigenvalue weighted by atomic mass is 32.2. The Morgan fingerprint density at radius 2 is 0.756 bits per heavy atom. The maximum atomic E-state index is 11.9. The predicted octanol–water partition coefficient (Wildman–Crippen LogP) is 11.5. The highest BCUT2D eigenvalue weighted by molar-refractivity contribution is 7.99. The van der Waals surface area contributed by atoms with Gasteiger partial charge in [0.15, 0.2) is 0 Å². The fraction of sp³-hybridized carbons (Fsp3) is 0.944. The van der Waals surface area contributed by atoms with Gasteiger partial charge in [0.05, 0.1) is 13.2 Å². The van der Waals surface area contributed by atoms with Crippen LogP contribution in [0.4, 0.5) is 0 Å². The smallest absolute Gasteiger partial charge is 0.305 e. The van der Waals surface area contributed by atoms with Crippen molar-refractivity contribution >= 4 is 23.7 Å². The van der Waals surface area contributed by atoms with E-state index in [4.69, 9.17) is 9.47 Å². The van der Waals surface area contributed by atoms with Crippen LogP contribution in [0.15, 0.2) is 0 Å². The normalized spacial score (nSPS) is 11.5. The molecule has 0 aliphatic heterocycles. The van der Waals surface area contributed by atoms with Crippen LogP contribution < -0.4 is 0 Å². The monoisotopic (exact) mass is 598 g/mol. The Labute approximate surface area is 260 Å². The first-order chi connectivity index (χ1) is 19.9. The van der Waals surface area contributed by atoms with Gasteiger partial charge in [-0.2, -0.15) is 11.8 Å². The van der Waals surface area contributed by atoms with E-state index >= 15 is 0 Å². The van der Waals surface area contributed by atoms with Gasteiger partial charge in [-0.05, 0) is 61.9 Å². The molecule has 0 aromatic carbocycles. The lowest BCUT2D eigenvalue weighted by Gasteiger charge is -2.06. The molecule has 0 rings (SSSR count). The molecule has 244 valence electrons. The number of carbonyl (C=O) groups excluding carboxylic acids is 2. The molecule has 0 saturated carbocycles. The van der Waals surface area contributed by atoms with Gasteiger partial charge >= 0.3 is 11.9 Å². The summed E-state index contributed by atoms with van der Waals surface area (Å²) in [5.41, 5.74) is 0. The van der Waals surface area contributed by atoms with Gasteiger partial charge < -0.3 is 9.47 Å². The molecule has 0 amide bonds. The van der Waals surface area contributed by atoms with E-state index in [2.05, 4.69) is 27.7 Å². The molecule has 0 heterocycles. The van der Waals surface area contributed by atoms with E-state index in [1.54, 1.807) is 0 Å². The van der Waals surface area contributed by atoms with Crippen LogP contribution >= 0.6 is 11.8 Å². The molecule has 0 saturated heterocycles. The lowest BCUT2D eigenvalue weighted by atomic mass is 10.0. The van der Waals surface area contributed by atoms with E-state index in [0.29, 0.717) is 26.1 Å². The summed E-state index contributed by atoms with van der Waals surface area (Å²) in [5.74, 6) is 3.76. The molecule has 0 radical (unpaired) electrons. The van der Waals surface area contributed by atoms with Gasteiger partial charge in [-0.1, -0.05) is 130 Å². The van der Waals surface area contributed by atoms with Gasteiger partial charge in [-0.25, -0.2) is 0 Å². The first kappa shape index (κ1) is 40.3. The molecule has 0 atom stereocenters. The van der Waals surface area contributed by atoms with E-state index < -0.39 is 0 Å². The summed E-state index contributed by atoms with van der Waals surface area (Å²) in [6.07, 6.45) is 28.2. The van der Waals surface area contributed by atoms with Crippen LogP contribution in [0.1, 0.15) is 182 Å². The van der Waals surface area contributed by atoms with Crippen molar-refractivity contribution in [2.45, 2.75) is 182 Å². The summed E-state index contributed by atoms with van der Waals surface area (Å²) in [4.78, 5) is 23.8. The zero-order valence-electron chi connectivity index (χ0n) is 28.0. The molecular formula is C36H70O4S. The molecule has 0 fully saturated rings. The predicted molar refractivity (Wildman–Crippen MR) is 180 cm³/mol. The zero-order valence-corrected chi connectivity index (χ0v) is 28.8. The van der Waals surface area contributed by atoms with Gasteiger partial charge in [0.25, 0.3) is 0 Å². The van der Waals surface area contributed by atoms with Gasteiger partial charge in [0.2, 0.25) is 0 Å². The summed E-state index contributed by atoms with van der Waals surface area (Å²) in [6.45, 7) is 10.4. The molecule has 0 aromatic rings. The van der Waals surface area contributed by atoms with Crippen molar-refractivity contribution in [2.75, 3.05) is 24.7 Å². The number of esters is 2. The number of rotatable bonds is 32. The Hall–Kier alpha value is -0.710. The topological polar surface area (TPSA) is 52.6 Å². The van der Waals surface area contributed by atoms with Crippen molar-refractivity contribution in [3.63, 3.8) is 0 Å². The molecule has 41 heavy (non-hydrogen) atoms. The van der Waals surface area contributed by atoms with Crippen molar-refractivity contribution < 1.29 is 19.1 Å². The van der Waals surface area contributed by atoms with Crippen molar-refractivity contribution in [1.29, 1.82) is 0 Å². The molecular weight excluding hydrogens is 528 g/mol. The van der Waals surface area contributed by atoms with Crippen molar-refractivity contribution in [3.05, 3.63) is 0 Å². The Balaban J connectivity index is 3.26. The maximum Gasteiger partial charge on any atom is 0.305 e. The molecule has 0 N–H and O–H groups in total. The second kappa shape index (κ2) is 32.2. The maximum absolute atomic E-state index is 11.9. The molecule has 0 spiro atoms. The standard InChI is InChI=1S/C36H70O4S/c1-33(2)25-17-13-9-5-7-11-15-21-29-39-35(37)27-19-23-31-41-32-24-20-28-36(38)40-30-22-16-12-8-6-10-14-18-26-34(3)4/h33-34H,5-32H2,1-4H3. The second-order valence-electron chi connectivity index (χ2n) is 13.0. The third-order valence-electron chi connectivity index (χ3n) is 7.72. The van der Waals surface area contributed by atoms with Crippen LogP contribution in [0.5, 0.6) is 0 Å². The average Bonchev–Trinajstić information content (AvgIpc) is 2.93. The molecule has 0 aliphatic carbocycles. The third kappa shape index (κ3) is 35.4. The fourth-order valence-electron chi connectivity index (χ4n) is 5.00. The van der Waals surface area contributed by atoms with Gasteiger partial charge in [-0.3, -0.25) is 9.59 Å². The lowest BCUT2D eigenvalue weighted by molar-refractivity contribution is -0.144. The van der Waals surface area contributed by atoms with Crippen LogP contribution in [0.25, 0.3) is 0 Å².